The Hall–Kier alpha value is -2.94. The minimum Gasteiger partial charge on any atom is -0.493 e. The number of hydrogen-bond donors (Lipinski definition) is 1. The predicted octanol–water partition coefficient (Wildman–Crippen LogP) is 1.54. The van der Waals surface area contributed by atoms with Gasteiger partial charge in [-0.1, -0.05) is 4.85 Å². The molecule has 0 aliphatic rings. The molecule has 2 aromatic rings. The third-order valence-corrected chi connectivity index (χ3v) is 3.73. The van der Waals surface area contributed by atoms with Crippen LogP contribution in [0.1, 0.15) is 16.9 Å². The minimum absolute atomic E-state index is 0.286. The van der Waals surface area contributed by atoms with Crippen molar-refractivity contribution in [3.8, 4) is 17.2 Å². The van der Waals surface area contributed by atoms with E-state index in [1.807, 2.05) is 14.1 Å². The second-order valence-electron chi connectivity index (χ2n) is 5.95. The summed E-state index contributed by atoms with van der Waals surface area (Å²) in [6.07, 6.45) is 2.33. The average molecular weight is 378 g/mol. The molecule has 1 aromatic carbocycles. The molecule has 0 saturated carbocycles. The van der Waals surface area contributed by atoms with E-state index in [0.29, 0.717) is 29.5 Å². The Bertz CT molecular complexity index is 735. The molecule has 148 valence electrons. The van der Waals surface area contributed by atoms with Crippen LogP contribution in [0.15, 0.2) is 24.4 Å². The summed E-state index contributed by atoms with van der Waals surface area (Å²) in [6, 6.07) is 4.88. The van der Waals surface area contributed by atoms with Gasteiger partial charge in [0.1, 0.15) is 6.61 Å². The number of nitrogens with zero attached hydrogens (tertiary/aromatic N) is 3. The van der Waals surface area contributed by atoms with Crippen molar-refractivity contribution in [2.24, 2.45) is 0 Å². The quantitative estimate of drug-likeness (QED) is 0.628. The van der Waals surface area contributed by atoms with E-state index in [9.17, 15) is 4.79 Å². The molecule has 1 amide bonds. The third-order valence-electron chi connectivity index (χ3n) is 3.73. The molecular weight excluding hydrogens is 352 g/mol. The normalized spacial score (nSPS) is 10.6. The summed E-state index contributed by atoms with van der Waals surface area (Å²) in [5, 5.41) is 6.83. The van der Waals surface area contributed by atoms with Crippen LogP contribution in [0.25, 0.3) is 0 Å². The van der Waals surface area contributed by atoms with Crippen molar-refractivity contribution in [2.75, 3.05) is 53.9 Å². The van der Waals surface area contributed by atoms with Crippen LogP contribution in [0.5, 0.6) is 17.2 Å². The number of carbonyl (C=O) groups excluding carboxylic acids is 1. The summed E-state index contributed by atoms with van der Waals surface area (Å²) in [6.45, 7) is 1.33. The van der Waals surface area contributed by atoms with Crippen molar-refractivity contribution in [1.29, 1.82) is 0 Å². The Labute approximate surface area is 158 Å². The second-order valence-corrected chi connectivity index (χ2v) is 5.95. The summed E-state index contributed by atoms with van der Waals surface area (Å²) in [5.74, 6) is 0.975. The summed E-state index contributed by atoms with van der Waals surface area (Å²) in [7, 11) is 8.53. The van der Waals surface area contributed by atoms with Gasteiger partial charge in [0.2, 0.25) is 5.75 Å². The standard InChI is InChI=1S/C18H26N4O5/c1-21(2)9-6-10-27-22-14(7-8-19-22)18(23)20-13-11-15(24-3)17(26-5)16(12-13)25-4/h7-8,11-12H,6,9-10H2,1-5H3,(H,20,23). The van der Waals surface area contributed by atoms with Crippen molar-refractivity contribution in [1.82, 2.24) is 14.8 Å². The minimum atomic E-state index is -0.366. The maximum Gasteiger partial charge on any atom is 0.277 e. The van der Waals surface area contributed by atoms with Crippen LogP contribution in [0.3, 0.4) is 0 Å². The number of anilines is 1. The van der Waals surface area contributed by atoms with E-state index >= 15 is 0 Å². The predicted molar refractivity (Wildman–Crippen MR) is 101 cm³/mol. The van der Waals surface area contributed by atoms with Crippen molar-refractivity contribution < 1.29 is 23.8 Å². The highest BCUT2D eigenvalue weighted by atomic mass is 16.7. The van der Waals surface area contributed by atoms with E-state index in [0.717, 1.165) is 13.0 Å². The fraction of sp³-hybridized carbons (Fsp3) is 0.444. The molecule has 0 fully saturated rings. The van der Waals surface area contributed by atoms with Gasteiger partial charge in [-0.3, -0.25) is 4.79 Å². The number of methoxy groups -OCH3 is 3. The number of amides is 1. The zero-order chi connectivity index (χ0) is 19.8. The zero-order valence-corrected chi connectivity index (χ0v) is 16.3. The maximum absolute atomic E-state index is 12.6. The van der Waals surface area contributed by atoms with E-state index in [-0.39, 0.29) is 11.6 Å². The van der Waals surface area contributed by atoms with Crippen molar-refractivity contribution in [3.63, 3.8) is 0 Å². The largest absolute Gasteiger partial charge is 0.493 e. The summed E-state index contributed by atoms with van der Waals surface area (Å²) in [4.78, 5) is 21.5. The molecule has 0 unspecified atom stereocenters. The molecule has 1 heterocycles. The smallest absolute Gasteiger partial charge is 0.277 e. The van der Waals surface area contributed by atoms with Crippen molar-refractivity contribution in [2.45, 2.75) is 6.42 Å². The van der Waals surface area contributed by atoms with E-state index < -0.39 is 0 Å². The van der Waals surface area contributed by atoms with Gasteiger partial charge in [0, 0.05) is 24.4 Å². The molecule has 2 rings (SSSR count). The van der Waals surface area contributed by atoms with Gasteiger partial charge in [0.05, 0.1) is 27.5 Å². The van der Waals surface area contributed by atoms with E-state index in [4.69, 9.17) is 19.0 Å². The van der Waals surface area contributed by atoms with Gasteiger partial charge in [0.25, 0.3) is 5.91 Å². The molecule has 1 N–H and O–H groups in total. The molecule has 0 atom stereocenters. The Morgan fingerprint density at radius 3 is 2.37 bits per heavy atom. The van der Waals surface area contributed by atoms with Gasteiger partial charge < -0.3 is 29.3 Å². The SMILES string of the molecule is COc1cc(NC(=O)c2ccnn2OCCCN(C)C)cc(OC)c1OC. The Balaban J connectivity index is 2.11. The third kappa shape index (κ3) is 5.27. The first kappa shape index (κ1) is 20.4. The van der Waals surface area contributed by atoms with Crippen LogP contribution in [-0.2, 0) is 0 Å². The molecule has 0 aliphatic heterocycles. The lowest BCUT2D eigenvalue weighted by atomic mass is 10.2. The molecule has 0 bridgehead atoms. The number of carbonyl (C=O) groups is 1. The van der Waals surface area contributed by atoms with Crippen LogP contribution in [0.4, 0.5) is 5.69 Å². The molecule has 9 nitrogen and oxygen atoms in total. The van der Waals surface area contributed by atoms with Gasteiger partial charge in [-0.15, -0.1) is 5.10 Å². The molecule has 1 aromatic heterocycles. The molecule has 0 aliphatic carbocycles. The number of benzene rings is 1. The van der Waals surface area contributed by atoms with Gasteiger partial charge in [-0.2, -0.15) is 0 Å². The molecule has 9 heteroatoms. The summed E-state index contributed by atoms with van der Waals surface area (Å²) >= 11 is 0. The lowest BCUT2D eigenvalue weighted by Gasteiger charge is -2.15. The molecular formula is C18H26N4O5. The highest BCUT2D eigenvalue weighted by molar-refractivity contribution is 6.03. The van der Waals surface area contributed by atoms with Gasteiger partial charge in [-0.25, -0.2) is 0 Å². The highest BCUT2D eigenvalue weighted by Gasteiger charge is 2.17. The van der Waals surface area contributed by atoms with Crippen LogP contribution in [0, 0.1) is 0 Å². The topological polar surface area (TPSA) is 87.1 Å². The lowest BCUT2D eigenvalue weighted by molar-refractivity contribution is 0.0665. The first-order chi connectivity index (χ1) is 13.0. The highest BCUT2D eigenvalue weighted by Crippen LogP contribution is 2.39. The maximum atomic E-state index is 12.6. The Kier molecular flexibility index (Phi) is 7.30. The Morgan fingerprint density at radius 1 is 1.15 bits per heavy atom. The number of aromatic nitrogens is 2. The summed E-state index contributed by atoms with van der Waals surface area (Å²) < 4.78 is 15.9. The average Bonchev–Trinajstić information content (AvgIpc) is 3.12. The molecule has 0 radical (unpaired) electrons. The van der Waals surface area contributed by atoms with Crippen LogP contribution < -0.4 is 24.4 Å². The number of hydrogen-bond acceptors (Lipinski definition) is 7. The zero-order valence-electron chi connectivity index (χ0n) is 16.3. The van der Waals surface area contributed by atoms with Gasteiger partial charge in [-0.05, 0) is 26.6 Å². The first-order valence-corrected chi connectivity index (χ1v) is 8.43. The van der Waals surface area contributed by atoms with Crippen LogP contribution in [0.2, 0.25) is 0 Å². The van der Waals surface area contributed by atoms with E-state index in [2.05, 4.69) is 15.3 Å². The van der Waals surface area contributed by atoms with E-state index in [1.165, 1.54) is 32.4 Å². The molecule has 27 heavy (non-hydrogen) atoms. The van der Waals surface area contributed by atoms with Gasteiger partial charge in [0.15, 0.2) is 17.2 Å². The molecule has 0 saturated heterocycles. The second kappa shape index (κ2) is 9.67. The number of rotatable bonds is 10. The van der Waals surface area contributed by atoms with Gasteiger partial charge >= 0.3 is 0 Å². The van der Waals surface area contributed by atoms with E-state index in [1.54, 1.807) is 18.2 Å². The fourth-order valence-corrected chi connectivity index (χ4v) is 2.44. The number of ether oxygens (including phenoxy) is 3. The number of nitrogens with one attached hydrogen (secondary N) is 1. The van der Waals surface area contributed by atoms with Crippen molar-refractivity contribution >= 4 is 11.6 Å². The Morgan fingerprint density at radius 2 is 1.81 bits per heavy atom. The summed E-state index contributed by atoms with van der Waals surface area (Å²) in [5.41, 5.74) is 0.781. The first-order valence-electron chi connectivity index (χ1n) is 8.43. The van der Waals surface area contributed by atoms with Crippen LogP contribution >= 0.6 is 0 Å². The van der Waals surface area contributed by atoms with Crippen LogP contribution in [-0.4, -0.2) is 69.3 Å². The monoisotopic (exact) mass is 378 g/mol. The van der Waals surface area contributed by atoms with Crippen molar-refractivity contribution in [3.05, 3.63) is 30.1 Å². The molecule has 0 spiro atoms. The fourth-order valence-electron chi connectivity index (χ4n) is 2.44. The lowest BCUT2D eigenvalue weighted by Crippen LogP contribution is -2.25.